The average Bonchev–Trinajstić information content (AvgIpc) is 2.18. The van der Waals surface area contributed by atoms with Crippen LogP contribution in [0.2, 0.25) is 5.02 Å². The molecule has 0 aromatic heterocycles. The van der Waals surface area contributed by atoms with Crippen molar-refractivity contribution in [3.8, 4) is 0 Å². The van der Waals surface area contributed by atoms with Crippen molar-refractivity contribution in [2.24, 2.45) is 11.7 Å². The zero-order chi connectivity index (χ0) is 11.5. The van der Waals surface area contributed by atoms with E-state index in [1.807, 2.05) is 0 Å². The number of carbonyl (C=O) groups excluding carboxylic acids is 1. The van der Waals surface area contributed by atoms with Crippen LogP contribution < -0.4 is 11.1 Å². The summed E-state index contributed by atoms with van der Waals surface area (Å²) in [6.45, 7) is 0.919. The van der Waals surface area contributed by atoms with Crippen LogP contribution in [0.4, 0.5) is 5.69 Å². The second-order valence-corrected chi connectivity index (χ2v) is 4.64. The topological polar surface area (TPSA) is 55.1 Å². The lowest BCUT2D eigenvalue weighted by Gasteiger charge is -2.26. The molecule has 16 heavy (non-hydrogen) atoms. The fourth-order valence-electron chi connectivity index (χ4n) is 1.77. The summed E-state index contributed by atoms with van der Waals surface area (Å²) in [5.41, 5.74) is 6.50. The van der Waals surface area contributed by atoms with Crippen molar-refractivity contribution in [2.75, 3.05) is 11.9 Å². The Morgan fingerprint density at radius 3 is 2.81 bits per heavy atom. The number of nitrogens with two attached hydrogens (primary N) is 1. The molecule has 0 atom stereocenters. The van der Waals surface area contributed by atoms with E-state index in [-0.39, 0.29) is 0 Å². The van der Waals surface area contributed by atoms with Crippen LogP contribution >= 0.6 is 11.6 Å². The number of anilines is 1. The second-order valence-electron chi connectivity index (χ2n) is 4.24. The molecule has 4 heteroatoms. The Morgan fingerprint density at radius 1 is 1.50 bits per heavy atom. The van der Waals surface area contributed by atoms with Crippen molar-refractivity contribution >= 4 is 23.2 Å². The summed E-state index contributed by atoms with van der Waals surface area (Å²) in [4.78, 5) is 11.0. The number of amides is 1. The molecule has 1 fully saturated rings. The van der Waals surface area contributed by atoms with E-state index >= 15 is 0 Å². The summed E-state index contributed by atoms with van der Waals surface area (Å²) in [6.07, 6.45) is 3.88. The first-order valence-electron chi connectivity index (χ1n) is 5.50. The number of benzene rings is 1. The van der Waals surface area contributed by atoms with E-state index < -0.39 is 5.91 Å². The molecule has 2 rings (SSSR count). The number of rotatable bonds is 4. The molecule has 3 nitrogen and oxygen atoms in total. The van der Waals surface area contributed by atoms with Gasteiger partial charge in [-0.15, -0.1) is 0 Å². The monoisotopic (exact) mass is 238 g/mol. The molecule has 0 saturated heterocycles. The van der Waals surface area contributed by atoms with E-state index in [0.717, 1.165) is 18.2 Å². The molecule has 86 valence electrons. The lowest BCUT2D eigenvalue weighted by atomic mass is 9.85. The zero-order valence-electron chi connectivity index (χ0n) is 9.00. The van der Waals surface area contributed by atoms with E-state index in [1.54, 1.807) is 18.2 Å². The number of halogens is 1. The highest BCUT2D eigenvalue weighted by Gasteiger charge is 2.17. The molecule has 0 spiro atoms. The molecule has 0 aliphatic heterocycles. The highest BCUT2D eigenvalue weighted by Crippen LogP contribution is 2.28. The standard InChI is InChI=1S/C12H15ClN2O/c13-10-5-4-9(12(14)16)6-11(10)15-7-8-2-1-3-8/h4-6,8,15H,1-3,7H2,(H2,14,16). The van der Waals surface area contributed by atoms with Gasteiger partial charge in [-0.1, -0.05) is 18.0 Å². The molecule has 3 N–H and O–H groups in total. The van der Waals surface area contributed by atoms with E-state index in [2.05, 4.69) is 5.32 Å². The molecule has 1 aliphatic rings. The van der Waals surface area contributed by atoms with Crippen molar-refractivity contribution in [1.29, 1.82) is 0 Å². The maximum atomic E-state index is 11.0. The molecule has 0 unspecified atom stereocenters. The van der Waals surface area contributed by atoms with E-state index in [1.165, 1.54) is 19.3 Å². The Bertz CT molecular complexity index is 402. The van der Waals surface area contributed by atoms with Gasteiger partial charge in [-0.25, -0.2) is 0 Å². The fourth-order valence-corrected chi connectivity index (χ4v) is 1.95. The molecule has 1 aromatic carbocycles. The van der Waals surface area contributed by atoms with Gasteiger partial charge < -0.3 is 11.1 Å². The predicted molar refractivity (Wildman–Crippen MR) is 65.8 cm³/mol. The molecule has 0 bridgehead atoms. The summed E-state index contributed by atoms with van der Waals surface area (Å²) in [5.74, 6) is 0.316. The molecule has 0 radical (unpaired) electrons. The average molecular weight is 239 g/mol. The number of carbonyl (C=O) groups is 1. The number of hydrogen-bond acceptors (Lipinski definition) is 2. The SMILES string of the molecule is NC(=O)c1ccc(Cl)c(NCC2CCC2)c1. The lowest BCUT2D eigenvalue weighted by molar-refractivity contribution is 0.100. The van der Waals surface area contributed by atoms with Gasteiger partial charge in [-0.3, -0.25) is 4.79 Å². The van der Waals surface area contributed by atoms with Crippen molar-refractivity contribution < 1.29 is 4.79 Å². The van der Waals surface area contributed by atoms with Gasteiger partial charge in [0.1, 0.15) is 0 Å². The van der Waals surface area contributed by atoms with E-state index in [0.29, 0.717) is 10.6 Å². The summed E-state index contributed by atoms with van der Waals surface area (Å²) in [7, 11) is 0. The van der Waals surface area contributed by atoms with Gasteiger partial charge in [0, 0.05) is 12.1 Å². The lowest BCUT2D eigenvalue weighted by Crippen LogP contribution is -2.21. The largest absolute Gasteiger partial charge is 0.384 e. The van der Waals surface area contributed by atoms with Crippen LogP contribution in [0.25, 0.3) is 0 Å². The van der Waals surface area contributed by atoms with Crippen LogP contribution in [0, 0.1) is 5.92 Å². The van der Waals surface area contributed by atoms with Crippen LogP contribution in [-0.2, 0) is 0 Å². The van der Waals surface area contributed by atoms with Gasteiger partial charge in [0.05, 0.1) is 10.7 Å². The highest BCUT2D eigenvalue weighted by molar-refractivity contribution is 6.33. The third-order valence-electron chi connectivity index (χ3n) is 3.06. The zero-order valence-corrected chi connectivity index (χ0v) is 9.76. The Hall–Kier alpha value is -1.22. The quantitative estimate of drug-likeness (QED) is 0.847. The molecular weight excluding hydrogens is 224 g/mol. The maximum Gasteiger partial charge on any atom is 0.248 e. The first-order valence-corrected chi connectivity index (χ1v) is 5.88. The summed E-state index contributed by atoms with van der Waals surface area (Å²) in [5, 5.41) is 3.90. The molecule has 1 amide bonds. The third-order valence-corrected chi connectivity index (χ3v) is 3.39. The van der Waals surface area contributed by atoms with Crippen molar-refractivity contribution in [2.45, 2.75) is 19.3 Å². The normalized spacial score (nSPS) is 15.6. The van der Waals surface area contributed by atoms with Crippen molar-refractivity contribution in [1.82, 2.24) is 0 Å². The van der Waals surface area contributed by atoms with Gasteiger partial charge in [0.25, 0.3) is 0 Å². The van der Waals surface area contributed by atoms with Crippen LogP contribution in [0.15, 0.2) is 18.2 Å². The smallest absolute Gasteiger partial charge is 0.248 e. The molecule has 1 saturated carbocycles. The second kappa shape index (κ2) is 4.74. The van der Waals surface area contributed by atoms with E-state index in [9.17, 15) is 4.79 Å². The fraction of sp³-hybridized carbons (Fsp3) is 0.417. The van der Waals surface area contributed by atoms with Gasteiger partial charge in [-0.05, 0) is 37.0 Å². The Labute approximate surface area is 100.0 Å². The third kappa shape index (κ3) is 2.47. The predicted octanol–water partition coefficient (Wildman–Crippen LogP) is 2.65. The van der Waals surface area contributed by atoms with Gasteiger partial charge in [0.15, 0.2) is 0 Å². The van der Waals surface area contributed by atoms with Crippen molar-refractivity contribution in [3.05, 3.63) is 28.8 Å². The molecule has 1 aliphatic carbocycles. The van der Waals surface area contributed by atoms with Crippen LogP contribution in [-0.4, -0.2) is 12.5 Å². The van der Waals surface area contributed by atoms with Crippen molar-refractivity contribution in [3.63, 3.8) is 0 Å². The molecule has 0 heterocycles. The highest BCUT2D eigenvalue weighted by atomic mass is 35.5. The molecular formula is C12H15ClN2O. The summed E-state index contributed by atoms with van der Waals surface area (Å²) in [6, 6.07) is 5.05. The maximum absolute atomic E-state index is 11.0. The van der Waals surface area contributed by atoms with Gasteiger partial charge in [-0.2, -0.15) is 0 Å². The minimum atomic E-state index is -0.427. The summed E-state index contributed by atoms with van der Waals surface area (Å²) < 4.78 is 0. The van der Waals surface area contributed by atoms with Crippen LogP contribution in [0.1, 0.15) is 29.6 Å². The van der Waals surface area contributed by atoms with Crippen LogP contribution in [0.5, 0.6) is 0 Å². The Balaban J connectivity index is 2.05. The minimum absolute atomic E-state index is 0.427. The summed E-state index contributed by atoms with van der Waals surface area (Å²) >= 11 is 6.03. The van der Waals surface area contributed by atoms with E-state index in [4.69, 9.17) is 17.3 Å². The van der Waals surface area contributed by atoms with Gasteiger partial charge in [0.2, 0.25) is 5.91 Å². The minimum Gasteiger partial charge on any atom is -0.384 e. The number of hydrogen-bond donors (Lipinski definition) is 2. The van der Waals surface area contributed by atoms with Crippen LogP contribution in [0.3, 0.4) is 0 Å². The first kappa shape index (κ1) is 11.3. The number of nitrogens with one attached hydrogen (secondary N) is 1. The van der Waals surface area contributed by atoms with Gasteiger partial charge >= 0.3 is 0 Å². The Kier molecular flexibility index (Phi) is 3.34. The first-order chi connectivity index (χ1) is 7.66. The Morgan fingerprint density at radius 2 is 2.25 bits per heavy atom. The number of primary amides is 1. The molecule has 1 aromatic rings.